The van der Waals surface area contributed by atoms with Crippen molar-refractivity contribution in [3.05, 3.63) is 63.7 Å². The lowest BCUT2D eigenvalue weighted by atomic mass is 10.3. The van der Waals surface area contributed by atoms with Gasteiger partial charge in [0.25, 0.3) is 5.56 Å². The van der Waals surface area contributed by atoms with E-state index in [2.05, 4.69) is 10.1 Å². The van der Waals surface area contributed by atoms with Crippen molar-refractivity contribution in [3.63, 3.8) is 0 Å². The van der Waals surface area contributed by atoms with E-state index in [1.54, 1.807) is 13.2 Å². The summed E-state index contributed by atoms with van der Waals surface area (Å²) in [5, 5.41) is 2.88. The van der Waals surface area contributed by atoms with Gasteiger partial charge >= 0.3 is 0 Å². The van der Waals surface area contributed by atoms with Gasteiger partial charge in [0.15, 0.2) is 17.3 Å². The number of hydrogen-bond donors (Lipinski definition) is 1. The second-order valence-electron chi connectivity index (χ2n) is 4.83. The third-order valence-corrected chi connectivity index (χ3v) is 4.21. The maximum atomic E-state index is 13.6. The van der Waals surface area contributed by atoms with Crippen LogP contribution in [0.25, 0.3) is 5.65 Å². The van der Waals surface area contributed by atoms with Crippen LogP contribution < -0.4 is 5.56 Å². The number of halogens is 2. The van der Waals surface area contributed by atoms with Gasteiger partial charge in [0.05, 0.1) is 18.0 Å². The van der Waals surface area contributed by atoms with Crippen LogP contribution in [-0.2, 0) is 17.1 Å². The summed E-state index contributed by atoms with van der Waals surface area (Å²) < 4.78 is 33.1. The molecule has 0 spiro atoms. The van der Waals surface area contributed by atoms with Gasteiger partial charge in [0, 0.05) is 29.9 Å². The van der Waals surface area contributed by atoms with Crippen molar-refractivity contribution in [1.82, 2.24) is 14.6 Å². The molecule has 0 aliphatic rings. The standard InChI is InChI=1S/C15H13F2N3O2S/c1-22-7-9-5-13-18-10(6-14(21)20(13)19-9)8-23-12-4-2-3-11(16)15(12)17/h2-6,19H,7-8H2,1H3. The number of hydrogen-bond acceptors (Lipinski definition) is 4. The average Bonchev–Trinajstić information content (AvgIpc) is 2.92. The highest BCUT2D eigenvalue weighted by Crippen LogP contribution is 2.26. The first kappa shape index (κ1) is 15.7. The number of aromatic nitrogens is 3. The highest BCUT2D eigenvalue weighted by Gasteiger charge is 2.10. The zero-order chi connectivity index (χ0) is 16.4. The summed E-state index contributed by atoms with van der Waals surface area (Å²) in [5.74, 6) is -1.52. The van der Waals surface area contributed by atoms with Gasteiger partial charge in [0.2, 0.25) is 0 Å². The number of H-pyrrole nitrogens is 1. The van der Waals surface area contributed by atoms with Gasteiger partial charge in [-0.2, -0.15) is 0 Å². The number of ether oxygens (including phenoxy) is 1. The molecule has 3 aromatic rings. The van der Waals surface area contributed by atoms with Crippen LogP contribution in [0.1, 0.15) is 11.4 Å². The van der Waals surface area contributed by atoms with Crippen LogP contribution in [0.5, 0.6) is 0 Å². The summed E-state index contributed by atoms with van der Waals surface area (Å²) in [6.45, 7) is 0.335. The van der Waals surface area contributed by atoms with Crippen LogP contribution in [0.3, 0.4) is 0 Å². The number of aromatic amines is 1. The number of methoxy groups -OCH3 is 1. The number of nitrogens with zero attached hydrogens (tertiary/aromatic N) is 2. The molecule has 1 aromatic carbocycles. The van der Waals surface area contributed by atoms with Crippen molar-refractivity contribution in [3.8, 4) is 0 Å². The zero-order valence-electron chi connectivity index (χ0n) is 12.2. The van der Waals surface area contributed by atoms with E-state index in [1.807, 2.05) is 0 Å². The summed E-state index contributed by atoms with van der Waals surface area (Å²) in [6.07, 6.45) is 0. The van der Waals surface area contributed by atoms with Gasteiger partial charge in [-0.05, 0) is 12.1 Å². The lowest BCUT2D eigenvalue weighted by molar-refractivity contribution is 0.181. The van der Waals surface area contributed by atoms with E-state index in [4.69, 9.17) is 4.74 Å². The first-order valence-electron chi connectivity index (χ1n) is 6.75. The van der Waals surface area contributed by atoms with E-state index in [0.29, 0.717) is 17.9 Å². The van der Waals surface area contributed by atoms with Gasteiger partial charge in [-0.3, -0.25) is 9.89 Å². The molecule has 0 bridgehead atoms. The molecule has 0 aliphatic carbocycles. The number of thioether (sulfide) groups is 1. The molecule has 0 saturated heterocycles. The molecule has 0 atom stereocenters. The normalized spacial score (nSPS) is 11.3. The fraction of sp³-hybridized carbons (Fsp3) is 0.200. The van der Waals surface area contributed by atoms with Crippen molar-refractivity contribution >= 4 is 17.4 Å². The number of rotatable bonds is 5. The summed E-state index contributed by atoms with van der Waals surface area (Å²) in [5.41, 5.74) is 1.40. The monoisotopic (exact) mass is 337 g/mol. The minimum Gasteiger partial charge on any atom is -0.378 e. The first-order valence-corrected chi connectivity index (χ1v) is 7.73. The Morgan fingerprint density at radius 3 is 2.96 bits per heavy atom. The molecule has 3 rings (SSSR count). The molecular formula is C15H13F2N3O2S. The second-order valence-corrected chi connectivity index (χ2v) is 5.85. The number of fused-ring (bicyclic) bond motifs is 1. The van der Waals surface area contributed by atoms with Crippen LogP contribution in [0.4, 0.5) is 8.78 Å². The van der Waals surface area contributed by atoms with Gasteiger partial charge in [-0.15, -0.1) is 11.8 Å². The Bertz CT molecular complexity index is 907. The Balaban J connectivity index is 1.85. The smallest absolute Gasteiger partial charge is 0.272 e. The molecule has 0 saturated carbocycles. The fourth-order valence-electron chi connectivity index (χ4n) is 2.14. The number of benzene rings is 1. The molecule has 1 N–H and O–H groups in total. The molecule has 2 heterocycles. The lowest BCUT2D eigenvalue weighted by Gasteiger charge is -2.03. The topological polar surface area (TPSA) is 59.4 Å². The van der Waals surface area contributed by atoms with Crippen LogP contribution in [0, 0.1) is 11.6 Å². The Hall–Kier alpha value is -2.19. The van der Waals surface area contributed by atoms with Crippen molar-refractivity contribution < 1.29 is 13.5 Å². The highest BCUT2D eigenvalue weighted by atomic mass is 32.2. The maximum absolute atomic E-state index is 13.6. The van der Waals surface area contributed by atoms with E-state index < -0.39 is 11.6 Å². The van der Waals surface area contributed by atoms with Crippen molar-refractivity contribution in [1.29, 1.82) is 0 Å². The Morgan fingerprint density at radius 2 is 2.17 bits per heavy atom. The van der Waals surface area contributed by atoms with E-state index in [9.17, 15) is 13.6 Å². The predicted molar refractivity (Wildman–Crippen MR) is 82.4 cm³/mol. The molecule has 0 unspecified atom stereocenters. The van der Waals surface area contributed by atoms with E-state index >= 15 is 0 Å². The molecule has 0 amide bonds. The average molecular weight is 337 g/mol. The summed E-state index contributed by atoms with van der Waals surface area (Å²) in [4.78, 5) is 16.6. The van der Waals surface area contributed by atoms with E-state index in [0.717, 1.165) is 23.5 Å². The zero-order valence-corrected chi connectivity index (χ0v) is 13.0. The van der Waals surface area contributed by atoms with Crippen LogP contribution in [-0.4, -0.2) is 21.7 Å². The van der Waals surface area contributed by atoms with Crippen LogP contribution in [0.2, 0.25) is 0 Å². The van der Waals surface area contributed by atoms with Crippen molar-refractivity contribution in [2.75, 3.05) is 7.11 Å². The minimum absolute atomic E-state index is 0.182. The van der Waals surface area contributed by atoms with Gasteiger partial charge in [-0.1, -0.05) is 6.07 Å². The van der Waals surface area contributed by atoms with Gasteiger partial charge in [0.1, 0.15) is 0 Å². The molecule has 0 aliphatic heterocycles. The van der Waals surface area contributed by atoms with E-state index in [1.165, 1.54) is 22.7 Å². The van der Waals surface area contributed by atoms with Gasteiger partial charge in [-0.25, -0.2) is 18.3 Å². The van der Waals surface area contributed by atoms with E-state index in [-0.39, 0.29) is 16.2 Å². The summed E-state index contributed by atoms with van der Waals surface area (Å²) in [6, 6.07) is 7.07. The van der Waals surface area contributed by atoms with Gasteiger partial charge < -0.3 is 4.74 Å². The molecule has 0 fully saturated rings. The minimum atomic E-state index is -0.895. The maximum Gasteiger partial charge on any atom is 0.272 e. The molecule has 0 radical (unpaired) electrons. The molecule has 23 heavy (non-hydrogen) atoms. The third kappa shape index (κ3) is 3.27. The Labute approximate surface area is 134 Å². The molecule has 8 heteroatoms. The van der Waals surface area contributed by atoms with Crippen LogP contribution in [0.15, 0.2) is 40.0 Å². The largest absolute Gasteiger partial charge is 0.378 e. The summed E-state index contributed by atoms with van der Waals surface area (Å²) >= 11 is 1.09. The fourth-order valence-corrected chi connectivity index (χ4v) is 2.99. The van der Waals surface area contributed by atoms with Crippen molar-refractivity contribution in [2.45, 2.75) is 17.3 Å². The predicted octanol–water partition coefficient (Wildman–Crippen LogP) is 2.74. The Morgan fingerprint density at radius 1 is 1.35 bits per heavy atom. The first-order chi connectivity index (χ1) is 11.1. The molecule has 120 valence electrons. The molecule has 5 nitrogen and oxygen atoms in total. The summed E-state index contributed by atoms with van der Waals surface area (Å²) in [7, 11) is 1.55. The molecule has 2 aromatic heterocycles. The van der Waals surface area contributed by atoms with Crippen LogP contribution >= 0.6 is 11.8 Å². The highest BCUT2D eigenvalue weighted by molar-refractivity contribution is 7.98. The Kier molecular flexibility index (Phi) is 4.44. The van der Waals surface area contributed by atoms with Crippen molar-refractivity contribution in [2.24, 2.45) is 0 Å². The quantitative estimate of drug-likeness (QED) is 0.727. The third-order valence-electron chi connectivity index (χ3n) is 3.15. The second kappa shape index (κ2) is 6.51. The number of nitrogens with one attached hydrogen (secondary N) is 1. The SMILES string of the molecule is COCc1cc2nc(CSc3cccc(F)c3F)cc(=O)n2[nH]1. The lowest BCUT2D eigenvalue weighted by Crippen LogP contribution is -2.15. The molecular weight excluding hydrogens is 324 g/mol.